The second-order valence-electron chi connectivity index (χ2n) is 28.2. The monoisotopic (exact) mass is 1530 g/mol. The summed E-state index contributed by atoms with van der Waals surface area (Å²) in [5.74, 6) is -1.46. The van der Waals surface area contributed by atoms with E-state index in [2.05, 4.69) is 0 Å². The molecule has 0 radical (unpaired) electrons. The molecule has 29 heteroatoms. The second-order valence-corrected chi connectivity index (χ2v) is 28.2. The quantitative estimate of drug-likeness (QED) is 0.0287. The molecule has 10 aliphatic rings. The average Bonchev–Trinajstić information content (AvgIpc) is 1.57. The molecule has 10 aliphatic heterocycles. The topological polar surface area (TPSA) is 364 Å². The summed E-state index contributed by atoms with van der Waals surface area (Å²) in [6.07, 6.45) is 4.85. The Morgan fingerprint density at radius 2 is 0.833 bits per heavy atom. The number of nitrogens with one attached hydrogen (secondary N) is 1. The molecule has 6 fully saturated rings. The Hall–Kier alpha value is -6.33. The van der Waals surface area contributed by atoms with Gasteiger partial charge in [-0.05, 0) is 112 Å². The predicted molar refractivity (Wildman–Crippen MR) is 390 cm³/mol. The Morgan fingerprint density at radius 3 is 1.34 bits per heavy atom. The van der Waals surface area contributed by atoms with Gasteiger partial charge in [0.05, 0.1) is 99.0 Å². The summed E-state index contributed by atoms with van der Waals surface area (Å²) in [6.45, 7) is 32.6. The van der Waals surface area contributed by atoms with Crippen LogP contribution in [-0.4, -0.2) is 254 Å². The maximum atomic E-state index is 11.9. The standard InChI is InChI=1S/C23H32O8.C17H25NO4.C10H14O5.C9H14O3.C7H12O3.C7H12O2.C6H10O3/c1-12-17(25-5)20(26-11-16-9-7-6-8-10-16)22(29-15(4)24)23(28-12)31-19-14(3)27-13(2)18-21(19)30-18;1-11-15(20-10-14-8-6-5-7-9-14)16(19-4)12(2)21-17(11)22-13(3)18;1-6-10(15-8(3)12)9(4-5-13-6)14-7(2)11;1-6-4-5-9(7(2)11-6)12-8(3)10;1-3-5(8)7-6(10-7)4(2)9-3;1-5-3-4-7(8)6(2)9-5;1-4-6(8)5(7)2-3-9-4/h6-10,12-14,17-23H,11H2,1-5H3;5-9,11-12,15-18H,10H2,1-4H3;4-6,9-10H,1-3H3;4-7,9H,1-3H3;3-8H,1-2H3;3-8H,1-2H3;2-8H,1H3/t12-,13-,14-,17-,18+,19-,20+,21+,22-,23+;11-,12-,15-,16-,17?;6-,9-,10-;6-,7-,9+;3-,4-,5-,6+,7-;5-,6-,7+;4-,5-,6-/m1111111/s1. The van der Waals surface area contributed by atoms with Crippen LogP contribution in [0.2, 0.25) is 0 Å². The Labute approximate surface area is 635 Å². The number of epoxide rings is 2. The van der Waals surface area contributed by atoms with Gasteiger partial charge in [0.1, 0.15) is 85.5 Å². The van der Waals surface area contributed by atoms with Crippen LogP contribution < -0.4 is 0 Å². The van der Waals surface area contributed by atoms with E-state index >= 15 is 0 Å². The summed E-state index contributed by atoms with van der Waals surface area (Å²) >= 11 is 0. The number of aliphatic hydroxyl groups excluding tert-OH is 4. The van der Waals surface area contributed by atoms with Gasteiger partial charge in [-0.25, -0.2) is 0 Å². The third-order valence-corrected chi connectivity index (χ3v) is 18.9. The number of rotatable bonds is 15. The van der Waals surface area contributed by atoms with E-state index in [0.29, 0.717) is 13.2 Å². The van der Waals surface area contributed by atoms with Crippen LogP contribution in [0.15, 0.2) is 110 Å². The van der Waals surface area contributed by atoms with E-state index < -0.39 is 85.4 Å². The van der Waals surface area contributed by atoms with Gasteiger partial charge in [-0.1, -0.05) is 85.8 Å². The number of hydrogen-bond acceptors (Lipinski definition) is 29. The molecule has 0 aromatic heterocycles. The van der Waals surface area contributed by atoms with E-state index in [1.54, 1.807) is 47.1 Å². The van der Waals surface area contributed by atoms with Crippen LogP contribution in [-0.2, 0) is 127 Å². The highest BCUT2D eigenvalue weighted by Gasteiger charge is 2.59. The smallest absolute Gasteiger partial charge is 0.303 e. The number of carbonyl (C=O) groups excluding carboxylic acids is 4. The van der Waals surface area contributed by atoms with Crippen LogP contribution >= 0.6 is 0 Å². The molecule has 1 unspecified atom stereocenters. The van der Waals surface area contributed by atoms with Crippen molar-refractivity contribution in [3.63, 3.8) is 0 Å². The fourth-order valence-corrected chi connectivity index (χ4v) is 13.1. The van der Waals surface area contributed by atoms with Crippen molar-refractivity contribution in [2.45, 2.75) is 327 Å². The molecule has 6 saturated heterocycles. The van der Waals surface area contributed by atoms with Gasteiger partial charge in [0.15, 0.2) is 30.5 Å². The maximum Gasteiger partial charge on any atom is 0.303 e. The number of esters is 4. The van der Waals surface area contributed by atoms with Crippen molar-refractivity contribution in [1.82, 2.24) is 0 Å². The van der Waals surface area contributed by atoms with Gasteiger partial charge in [0.25, 0.3) is 0 Å². The number of ether oxygens (including phenoxy) is 20. The van der Waals surface area contributed by atoms with Crippen molar-refractivity contribution in [1.29, 1.82) is 5.41 Å². The van der Waals surface area contributed by atoms with E-state index in [4.69, 9.17) is 115 Å². The molecule has 108 heavy (non-hydrogen) atoms. The van der Waals surface area contributed by atoms with Crippen LogP contribution in [0.4, 0.5) is 0 Å². The van der Waals surface area contributed by atoms with Gasteiger partial charge < -0.3 is 115 Å². The van der Waals surface area contributed by atoms with E-state index in [-0.39, 0.29) is 140 Å². The van der Waals surface area contributed by atoms with Crippen molar-refractivity contribution >= 4 is 29.8 Å². The Balaban J connectivity index is 0.000000208. The van der Waals surface area contributed by atoms with Crippen LogP contribution in [0.3, 0.4) is 0 Å². The van der Waals surface area contributed by atoms with Crippen molar-refractivity contribution in [2.24, 2.45) is 5.92 Å². The lowest BCUT2D eigenvalue weighted by molar-refractivity contribution is -0.325. The molecule has 0 aliphatic carbocycles. The van der Waals surface area contributed by atoms with Gasteiger partial charge >= 0.3 is 23.9 Å². The fraction of sp³-hybridized carbons (Fsp3) is 0.684. The van der Waals surface area contributed by atoms with Crippen molar-refractivity contribution in [3.05, 3.63) is 121 Å². The molecule has 0 bridgehead atoms. The minimum absolute atomic E-state index is 0.0197. The number of methoxy groups -OCH3 is 2. The predicted octanol–water partition coefficient (Wildman–Crippen LogP) is 7.54. The molecule has 12 rings (SSSR count). The molecule has 29 nitrogen and oxygen atoms in total. The zero-order valence-electron chi connectivity index (χ0n) is 65.9. The van der Waals surface area contributed by atoms with Crippen LogP contribution in [0.25, 0.3) is 0 Å². The number of fused-ring (bicyclic) bond motifs is 2. The maximum absolute atomic E-state index is 11.9. The first-order valence-electron chi connectivity index (χ1n) is 37.0. The Bertz CT molecular complexity index is 3160. The molecule has 0 saturated carbocycles. The minimum atomic E-state index is -0.833. The highest BCUT2D eigenvalue weighted by molar-refractivity contribution is 5.69. The Kier molecular flexibility index (Phi) is 36.9. The lowest BCUT2D eigenvalue weighted by Crippen LogP contribution is -2.61. The average molecular weight is 1530 g/mol. The summed E-state index contributed by atoms with van der Waals surface area (Å²) < 4.78 is 111. The largest absolute Gasteiger partial charge is 0.496 e. The van der Waals surface area contributed by atoms with Gasteiger partial charge in [0.2, 0.25) is 6.29 Å². The van der Waals surface area contributed by atoms with Crippen molar-refractivity contribution in [2.75, 3.05) is 14.2 Å². The van der Waals surface area contributed by atoms with Crippen molar-refractivity contribution in [3.8, 4) is 0 Å². The zero-order chi connectivity index (χ0) is 79.8. The first-order chi connectivity index (χ1) is 51.1. The lowest BCUT2D eigenvalue weighted by Gasteiger charge is -2.45. The van der Waals surface area contributed by atoms with E-state index in [9.17, 15) is 24.3 Å². The Morgan fingerprint density at radius 1 is 0.370 bits per heavy atom. The van der Waals surface area contributed by atoms with Gasteiger partial charge in [-0.2, -0.15) is 0 Å². The second kappa shape index (κ2) is 44.1. The summed E-state index contributed by atoms with van der Waals surface area (Å²) in [6, 6.07) is 19.8. The normalized spacial score (nSPS) is 39.1. The molecule has 32 atom stereocenters. The highest BCUT2D eigenvalue weighted by Crippen LogP contribution is 2.42. The number of benzene rings is 2. The SMILES string of the molecule is CC(=O)O[C@@H]1[C@@H](C)OC=C[C@H]1OC(C)=O.CC(=O)O[C@H]1C=C[C@@H](C)O[C@@H]1C.CO[C@H]1[C@H](OCc2ccccc2)[C@@H](C)C(OC(C)=N)O[C@@H]1C.CO[C@H]1[C@H](OCc2ccccc2)[C@@H](OC(C)=O)[C@H](O[C@H]2[C@H]3O[C@H]3[C@@H](C)O[C@@H]2C)O[C@@H]1C.C[C@@H]1C=C[C@H](O)[C@@H](C)O1.C[C@H]1OC=C[C@@H](O)[C@@H]1O.C[C@H]1O[C@H](C)[C@@H]2O[C@@H]2[C@@H]1O. The van der Waals surface area contributed by atoms with E-state index in [1.807, 2.05) is 155 Å². The highest BCUT2D eigenvalue weighted by atomic mass is 16.8. The third kappa shape index (κ3) is 28.1. The van der Waals surface area contributed by atoms with Gasteiger partial charge in [0, 0.05) is 54.8 Å². The number of hydrogen-bond donors (Lipinski definition) is 5. The molecule has 0 amide bonds. The van der Waals surface area contributed by atoms with Crippen LogP contribution in [0.1, 0.15) is 136 Å². The molecule has 10 heterocycles. The summed E-state index contributed by atoms with van der Waals surface area (Å²) in [4.78, 5) is 44.2. The van der Waals surface area contributed by atoms with Gasteiger partial charge in [-0.3, -0.25) is 24.6 Å². The first-order valence-corrected chi connectivity index (χ1v) is 37.0. The minimum Gasteiger partial charge on any atom is -0.496 e. The molecular formula is C79H119NO28. The van der Waals surface area contributed by atoms with E-state index in [1.165, 1.54) is 46.3 Å². The first kappa shape index (κ1) is 90.6. The van der Waals surface area contributed by atoms with Crippen LogP contribution in [0.5, 0.6) is 0 Å². The molecule has 5 N–H and O–H groups in total. The third-order valence-electron chi connectivity index (χ3n) is 18.9. The molecule has 0 spiro atoms. The van der Waals surface area contributed by atoms with Crippen molar-refractivity contribution < 1.29 is 134 Å². The number of carbonyl (C=O) groups is 4. The van der Waals surface area contributed by atoms with Gasteiger partial charge in [-0.15, -0.1) is 0 Å². The van der Waals surface area contributed by atoms with E-state index in [0.717, 1.165) is 11.1 Å². The summed E-state index contributed by atoms with van der Waals surface area (Å²) in [7, 11) is 3.26. The molecule has 2 aromatic rings. The number of aliphatic hydroxyl groups is 4. The van der Waals surface area contributed by atoms with Crippen LogP contribution in [0, 0.1) is 11.3 Å². The zero-order valence-corrected chi connectivity index (χ0v) is 65.9. The lowest BCUT2D eigenvalue weighted by atomic mass is 9.92. The molecular weight excluding hydrogens is 1410 g/mol. The summed E-state index contributed by atoms with van der Waals surface area (Å²) in [5, 5.41) is 43.9. The molecule has 2 aromatic carbocycles. The summed E-state index contributed by atoms with van der Waals surface area (Å²) in [5.41, 5.74) is 2.12. The fourth-order valence-electron chi connectivity index (χ4n) is 13.1. The molecule has 608 valence electrons.